The number of rotatable bonds is 51. The van der Waals surface area contributed by atoms with Crippen LogP contribution in [-0.2, 0) is 28.6 Å². The number of ether oxygens (including phenoxy) is 3. The van der Waals surface area contributed by atoms with Crippen LogP contribution in [0.25, 0.3) is 0 Å². The summed E-state index contributed by atoms with van der Waals surface area (Å²) in [4.78, 5) is 38.1. The fraction of sp³-hybridized carbons (Fsp3) is 0.672. The molecule has 1 atom stereocenters. The average Bonchev–Trinajstić information content (AvgIpc) is 3.36. The van der Waals surface area contributed by atoms with Gasteiger partial charge in [0.05, 0.1) is 0 Å². The van der Waals surface area contributed by atoms with E-state index in [2.05, 4.69) is 130 Å². The van der Waals surface area contributed by atoms with Crippen molar-refractivity contribution in [3.05, 3.63) is 109 Å². The molecule has 0 aromatic rings. The fourth-order valence-electron chi connectivity index (χ4n) is 7.71. The van der Waals surface area contributed by atoms with E-state index in [9.17, 15) is 14.4 Å². The first kappa shape index (κ1) is 66.1. The van der Waals surface area contributed by atoms with E-state index in [1.54, 1.807) is 0 Å². The Morgan fingerprint density at radius 1 is 0.300 bits per heavy atom. The lowest BCUT2D eigenvalue weighted by molar-refractivity contribution is -0.167. The molecule has 0 aromatic carbocycles. The Morgan fingerprint density at radius 2 is 0.557 bits per heavy atom. The molecule has 0 amide bonds. The summed E-state index contributed by atoms with van der Waals surface area (Å²) in [7, 11) is 0. The van der Waals surface area contributed by atoms with Crippen LogP contribution in [0.15, 0.2) is 109 Å². The third-order valence-electron chi connectivity index (χ3n) is 12.0. The summed E-state index contributed by atoms with van der Waals surface area (Å²) in [6.45, 7) is 6.37. The Hall–Kier alpha value is -3.93. The Balaban J connectivity index is 4.41. The van der Waals surface area contributed by atoms with Gasteiger partial charge in [-0.05, 0) is 122 Å². The van der Waals surface area contributed by atoms with Crippen LogP contribution < -0.4 is 0 Å². The minimum Gasteiger partial charge on any atom is -0.462 e. The van der Waals surface area contributed by atoms with Gasteiger partial charge in [0.15, 0.2) is 6.10 Å². The molecular weight excluding hydrogens is 865 g/mol. The molecule has 398 valence electrons. The molecule has 0 saturated carbocycles. The highest BCUT2D eigenvalue weighted by atomic mass is 16.6. The van der Waals surface area contributed by atoms with Crippen LogP contribution in [0.4, 0.5) is 0 Å². The molecule has 0 N–H and O–H groups in total. The summed E-state index contributed by atoms with van der Waals surface area (Å²) in [6, 6.07) is 0. The van der Waals surface area contributed by atoms with E-state index in [4.69, 9.17) is 14.2 Å². The Labute approximate surface area is 431 Å². The van der Waals surface area contributed by atoms with Gasteiger partial charge in [-0.3, -0.25) is 14.4 Å². The number of carbonyl (C=O) groups is 3. The van der Waals surface area contributed by atoms with Crippen LogP contribution in [0, 0.1) is 0 Å². The molecule has 0 aliphatic carbocycles. The third kappa shape index (κ3) is 55.0. The quantitative estimate of drug-likeness (QED) is 0.0262. The van der Waals surface area contributed by atoms with Gasteiger partial charge in [-0.25, -0.2) is 0 Å². The van der Waals surface area contributed by atoms with Crippen LogP contribution in [0.2, 0.25) is 0 Å². The lowest BCUT2D eigenvalue weighted by Crippen LogP contribution is -2.30. The van der Waals surface area contributed by atoms with E-state index >= 15 is 0 Å². The number of carbonyl (C=O) groups excluding carboxylic acids is 3. The summed E-state index contributed by atoms with van der Waals surface area (Å²) in [5, 5.41) is 0. The van der Waals surface area contributed by atoms with E-state index in [0.29, 0.717) is 19.3 Å². The standard InChI is InChI=1S/C64H106O6/c1-4-7-10-13-16-19-22-25-27-29-30-31-32-33-34-35-37-39-42-45-48-51-54-57-63(66)69-60-61(59-68-62(65)56-53-50-47-44-41-38-24-21-18-15-12-9-6-3)70-64(67)58-55-52-49-46-43-40-36-28-26-23-20-17-14-11-8-5-2/h7,9-10,12,16,18-19,21,25,27-28,30-31,33-34,36,38,41,61H,4-6,8,11,13-15,17,20,22-24,26,29,32,35,37,39-40,42-60H2,1-3H3/b10-7-,12-9-,19-16-,21-18-,27-25-,31-30-,34-33-,36-28-,41-38-. The van der Waals surface area contributed by atoms with Crippen molar-refractivity contribution in [2.24, 2.45) is 0 Å². The van der Waals surface area contributed by atoms with Crippen molar-refractivity contribution < 1.29 is 28.6 Å². The molecule has 0 aliphatic heterocycles. The van der Waals surface area contributed by atoms with Crippen LogP contribution in [0.5, 0.6) is 0 Å². The van der Waals surface area contributed by atoms with Gasteiger partial charge in [-0.2, -0.15) is 0 Å². The number of hydrogen-bond acceptors (Lipinski definition) is 6. The fourth-order valence-corrected chi connectivity index (χ4v) is 7.71. The summed E-state index contributed by atoms with van der Waals surface area (Å²) in [5.74, 6) is -0.946. The molecular formula is C64H106O6. The SMILES string of the molecule is CC/C=C\C/C=C\C/C=C\C/C=C\C/C=C\CCCCCCCCCC(=O)OCC(COC(=O)CCCCC/C=C\C/C=C\C/C=C\CC)OC(=O)CCCCCCC/C=C\CCCCCCCCC. The van der Waals surface area contributed by atoms with E-state index in [-0.39, 0.29) is 31.1 Å². The highest BCUT2D eigenvalue weighted by molar-refractivity contribution is 5.71. The second-order valence-electron chi connectivity index (χ2n) is 18.8. The van der Waals surface area contributed by atoms with Crippen LogP contribution in [0.3, 0.4) is 0 Å². The number of allylic oxidation sites excluding steroid dienone is 18. The van der Waals surface area contributed by atoms with E-state index in [1.807, 2.05) is 0 Å². The maximum absolute atomic E-state index is 12.8. The van der Waals surface area contributed by atoms with Crippen LogP contribution >= 0.6 is 0 Å². The molecule has 0 aliphatic rings. The molecule has 0 rings (SSSR count). The van der Waals surface area contributed by atoms with E-state index in [1.165, 1.54) is 83.5 Å². The zero-order chi connectivity index (χ0) is 50.7. The summed E-state index contributed by atoms with van der Waals surface area (Å²) < 4.78 is 16.8. The van der Waals surface area contributed by atoms with Gasteiger partial charge < -0.3 is 14.2 Å². The van der Waals surface area contributed by atoms with E-state index in [0.717, 1.165) is 135 Å². The monoisotopic (exact) mass is 971 g/mol. The number of unbranched alkanes of at least 4 members (excludes halogenated alkanes) is 22. The Bertz CT molecular complexity index is 1440. The van der Waals surface area contributed by atoms with Crippen molar-refractivity contribution in [3.63, 3.8) is 0 Å². The van der Waals surface area contributed by atoms with Gasteiger partial charge in [0.25, 0.3) is 0 Å². The zero-order valence-electron chi connectivity index (χ0n) is 45.5. The second kappa shape index (κ2) is 57.6. The second-order valence-corrected chi connectivity index (χ2v) is 18.8. The minimum absolute atomic E-state index is 0.0980. The van der Waals surface area contributed by atoms with Crippen LogP contribution in [0.1, 0.15) is 258 Å². The van der Waals surface area contributed by atoms with Crippen molar-refractivity contribution in [2.75, 3.05) is 13.2 Å². The average molecular weight is 972 g/mol. The predicted molar refractivity (Wildman–Crippen MR) is 302 cm³/mol. The molecule has 0 spiro atoms. The molecule has 1 unspecified atom stereocenters. The summed E-state index contributed by atoms with van der Waals surface area (Å²) in [6.07, 6.45) is 77.9. The molecule has 0 saturated heterocycles. The molecule has 0 radical (unpaired) electrons. The highest BCUT2D eigenvalue weighted by Crippen LogP contribution is 2.14. The number of esters is 3. The maximum Gasteiger partial charge on any atom is 0.306 e. The van der Waals surface area contributed by atoms with Crippen LogP contribution in [-0.4, -0.2) is 37.2 Å². The molecule has 6 heteroatoms. The first-order valence-electron chi connectivity index (χ1n) is 28.9. The molecule has 0 bridgehead atoms. The molecule has 0 fully saturated rings. The van der Waals surface area contributed by atoms with Gasteiger partial charge in [0, 0.05) is 19.3 Å². The predicted octanol–water partition coefficient (Wildman–Crippen LogP) is 19.5. The molecule has 6 nitrogen and oxygen atoms in total. The first-order chi connectivity index (χ1) is 34.5. The van der Waals surface area contributed by atoms with Crippen molar-refractivity contribution in [1.29, 1.82) is 0 Å². The lowest BCUT2D eigenvalue weighted by atomic mass is 10.1. The van der Waals surface area contributed by atoms with Gasteiger partial charge in [-0.15, -0.1) is 0 Å². The largest absolute Gasteiger partial charge is 0.462 e. The van der Waals surface area contributed by atoms with Gasteiger partial charge in [0.1, 0.15) is 13.2 Å². The van der Waals surface area contributed by atoms with Gasteiger partial charge >= 0.3 is 17.9 Å². The molecule has 70 heavy (non-hydrogen) atoms. The van der Waals surface area contributed by atoms with Crippen molar-refractivity contribution in [1.82, 2.24) is 0 Å². The summed E-state index contributed by atoms with van der Waals surface area (Å²) in [5.41, 5.74) is 0. The van der Waals surface area contributed by atoms with Gasteiger partial charge in [0.2, 0.25) is 0 Å². The topological polar surface area (TPSA) is 78.9 Å². The summed E-state index contributed by atoms with van der Waals surface area (Å²) >= 11 is 0. The van der Waals surface area contributed by atoms with E-state index < -0.39 is 6.10 Å². The molecule has 0 aromatic heterocycles. The zero-order valence-corrected chi connectivity index (χ0v) is 45.5. The third-order valence-corrected chi connectivity index (χ3v) is 12.0. The highest BCUT2D eigenvalue weighted by Gasteiger charge is 2.19. The Morgan fingerprint density at radius 3 is 0.900 bits per heavy atom. The smallest absolute Gasteiger partial charge is 0.306 e. The normalized spacial score (nSPS) is 12.9. The maximum atomic E-state index is 12.8. The minimum atomic E-state index is -0.801. The lowest BCUT2D eigenvalue weighted by Gasteiger charge is -2.18. The van der Waals surface area contributed by atoms with Crippen molar-refractivity contribution in [3.8, 4) is 0 Å². The van der Waals surface area contributed by atoms with Crippen molar-refractivity contribution >= 4 is 17.9 Å². The first-order valence-corrected chi connectivity index (χ1v) is 28.9. The Kier molecular flexibility index (Phi) is 54.4. The van der Waals surface area contributed by atoms with Crippen molar-refractivity contribution in [2.45, 2.75) is 264 Å². The number of hydrogen-bond donors (Lipinski definition) is 0. The molecule has 0 heterocycles. The van der Waals surface area contributed by atoms with Gasteiger partial charge in [-0.1, -0.05) is 226 Å².